The zero-order valence-corrected chi connectivity index (χ0v) is 24.7. The number of fused-ring (bicyclic) bond motifs is 1. The van der Waals surface area contributed by atoms with Gasteiger partial charge in [0, 0.05) is 0 Å². The van der Waals surface area contributed by atoms with Crippen molar-refractivity contribution in [1.82, 2.24) is 20.2 Å². The normalized spacial score (nSPS) is 23.2. The molecule has 1 saturated heterocycles. The number of hydrazine groups is 1. The molecule has 1 aromatic heterocycles. The molecule has 0 radical (unpaired) electrons. The number of benzene rings is 1. The number of unbranched alkanes of at least 4 members (excludes halogenated alkanes) is 1. The van der Waals surface area contributed by atoms with E-state index in [0.717, 1.165) is 31.6 Å². The van der Waals surface area contributed by atoms with Gasteiger partial charge in [-0.3, -0.25) is 0 Å². The molecule has 2 aliphatic heterocycles. The number of nitrogens with zero attached hydrogens (tertiary/aromatic N) is 3. The Labute approximate surface area is 230 Å². The summed E-state index contributed by atoms with van der Waals surface area (Å²) in [6, 6.07) is 5.35. The van der Waals surface area contributed by atoms with Crippen LogP contribution in [0.1, 0.15) is 55.2 Å². The SMILES string of the molecule is CCC/C=C/C1=CC=C(c2c(Br)c(C(=O)NN3CC4CCCC4C3)nn2-c2ccc(Cl)cc2Cl)[SeH2]1. The van der Waals surface area contributed by atoms with Crippen LogP contribution >= 0.6 is 39.1 Å². The number of hydrogen-bond donors (Lipinski definition) is 1. The molecule has 1 aliphatic carbocycles. The number of halogens is 3. The van der Waals surface area contributed by atoms with Gasteiger partial charge in [0.05, 0.1) is 0 Å². The van der Waals surface area contributed by atoms with Crippen LogP contribution in [-0.2, 0) is 0 Å². The summed E-state index contributed by atoms with van der Waals surface area (Å²) in [5.41, 5.74) is 5.06. The molecular formula is C26H29BrCl2N4OSe. The summed E-state index contributed by atoms with van der Waals surface area (Å²) in [6.07, 6.45) is 14.8. The summed E-state index contributed by atoms with van der Waals surface area (Å²) in [7, 11) is 0. The topological polar surface area (TPSA) is 50.2 Å². The standard InChI is InChI=1S/C26H29BrCl2N4OSe/c1-2-3-4-8-19-10-12-22(35-19)25-23(27)24(30-33(25)21-11-9-18(28)13-20(21)29)26(34)31-32-14-16-6-5-7-17(16)15-32/h4,8-13,16-17H,2-3,5-7,14-15,35H2,1H3,(H,31,34)/b8-4+. The summed E-state index contributed by atoms with van der Waals surface area (Å²) in [4.78, 5) is 13.4. The van der Waals surface area contributed by atoms with Gasteiger partial charge in [0.1, 0.15) is 0 Å². The molecule has 0 bridgehead atoms. The van der Waals surface area contributed by atoms with Crippen molar-refractivity contribution in [1.29, 1.82) is 0 Å². The van der Waals surface area contributed by atoms with Crippen LogP contribution < -0.4 is 5.43 Å². The Kier molecular flexibility index (Phi) is 7.92. The molecule has 5 rings (SSSR count). The molecule has 1 N–H and O–H groups in total. The summed E-state index contributed by atoms with van der Waals surface area (Å²) in [5, 5.41) is 7.89. The van der Waals surface area contributed by atoms with Gasteiger partial charge in [0.2, 0.25) is 0 Å². The molecule has 2 aromatic rings. The number of allylic oxidation sites excluding steroid dienone is 5. The van der Waals surface area contributed by atoms with Gasteiger partial charge < -0.3 is 0 Å². The predicted octanol–water partition coefficient (Wildman–Crippen LogP) is 6.08. The van der Waals surface area contributed by atoms with Gasteiger partial charge >= 0.3 is 232 Å². The van der Waals surface area contributed by atoms with Crippen LogP contribution in [0.2, 0.25) is 10.0 Å². The van der Waals surface area contributed by atoms with E-state index in [0.29, 0.717) is 37.7 Å². The molecule has 0 spiro atoms. The number of rotatable bonds is 7. The van der Waals surface area contributed by atoms with Crippen molar-refractivity contribution in [2.75, 3.05) is 13.1 Å². The Bertz CT molecular complexity index is 1230. The van der Waals surface area contributed by atoms with E-state index in [2.05, 4.69) is 57.6 Å². The van der Waals surface area contributed by atoms with Crippen molar-refractivity contribution in [3.8, 4) is 5.69 Å². The van der Waals surface area contributed by atoms with Gasteiger partial charge in [-0.1, -0.05) is 0 Å². The first-order valence-corrected chi connectivity index (χ1v) is 15.7. The van der Waals surface area contributed by atoms with Crippen molar-refractivity contribution in [3.63, 3.8) is 0 Å². The second-order valence-corrected chi connectivity index (χ2v) is 13.8. The number of carbonyl (C=O) groups is 1. The molecule has 1 amide bonds. The van der Waals surface area contributed by atoms with Crippen molar-refractivity contribution in [2.24, 2.45) is 11.8 Å². The van der Waals surface area contributed by atoms with Gasteiger partial charge in [-0.25, -0.2) is 0 Å². The van der Waals surface area contributed by atoms with Crippen LogP contribution in [0.3, 0.4) is 0 Å². The zero-order valence-electron chi connectivity index (χ0n) is 19.5. The van der Waals surface area contributed by atoms with Gasteiger partial charge in [0.15, 0.2) is 0 Å². The van der Waals surface area contributed by atoms with E-state index in [1.807, 2.05) is 6.07 Å². The van der Waals surface area contributed by atoms with E-state index in [4.69, 9.17) is 28.3 Å². The monoisotopic (exact) mass is 642 g/mol. The van der Waals surface area contributed by atoms with E-state index in [1.54, 1.807) is 16.8 Å². The van der Waals surface area contributed by atoms with Gasteiger partial charge in [-0.15, -0.1) is 0 Å². The number of hydrogen-bond acceptors (Lipinski definition) is 3. The first-order chi connectivity index (χ1) is 16.9. The third-order valence-corrected chi connectivity index (χ3v) is 10.9. The van der Waals surface area contributed by atoms with Crippen LogP contribution in [-0.4, -0.2) is 48.7 Å². The molecule has 1 aromatic carbocycles. The number of amides is 1. The molecule has 1 saturated carbocycles. The Morgan fingerprint density at radius 1 is 1.26 bits per heavy atom. The third kappa shape index (κ3) is 5.36. The second kappa shape index (κ2) is 11.0. The van der Waals surface area contributed by atoms with Crippen molar-refractivity contribution in [3.05, 3.63) is 72.9 Å². The minimum atomic E-state index is -0.582. The van der Waals surface area contributed by atoms with E-state index in [9.17, 15) is 4.79 Å². The fraction of sp³-hybridized carbons (Fsp3) is 0.385. The quantitative estimate of drug-likeness (QED) is 0.373. The third-order valence-electron chi connectivity index (χ3n) is 6.88. The molecule has 3 aliphatic rings. The van der Waals surface area contributed by atoms with Crippen LogP contribution in [0, 0.1) is 11.8 Å². The number of aromatic nitrogens is 2. The summed E-state index contributed by atoms with van der Waals surface area (Å²) < 4.78 is 5.03. The average Bonchev–Trinajstić information content (AvgIpc) is 3.58. The Morgan fingerprint density at radius 3 is 2.74 bits per heavy atom. The molecule has 5 nitrogen and oxygen atoms in total. The summed E-state index contributed by atoms with van der Waals surface area (Å²) in [6.45, 7) is 4.01. The molecule has 35 heavy (non-hydrogen) atoms. The molecule has 2 unspecified atom stereocenters. The zero-order chi connectivity index (χ0) is 24.5. The number of nitrogens with one attached hydrogen (secondary N) is 1. The van der Waals surface area contributed by atoms with Crippen LogP contribution in [0.25, 0.3) is 10.2 Å². The van der Waals surface area contributed by atoms with Crippen molar-refractivity contribution >= 4 is 64.5 Å². The average molecular weight is 643 g/mol. The van der Waals surface area contributed by atoms with Gasteiger partial charge in [-0.2, -0.15) is 0 Å². The van der Waals surface area contributed by atoms with Gasteiger partial charge in [-0.05, 0) is 0 Å². The predicted molar refractivity (Wildman–Crippen MR) is 150 cm³/mol. The minimum absolute atomic E-state index is 0.198. The van der Waals surface area contributed by atoms with Crippen LogP contribution in [0.15, 0.2) is 51.4 Å². The van der Waals surface area contributed by atoms with E-state index in [1.165, 1.54) is 28.2 Å². The van der Waals surface area contributed by atoms with E-state index in [-0.39, 0.29) is 5.91 Å². The fourth-order valence-electron chi connectivity index (χ4n) is 5.15. The Morgan fingerprint density at radius 2 is 2.03 bits per heavy atom. The summed E-state index contributed by atoms with van der Waals surface area (Å²) >= 11 is 15.9. The summed E-state index contributed by atoms with van der Waals surface area (Å²) in [5.74, 6) is 1.19. The Balaban J connectivity index is 1.45. The number of carbonyl (C=O) groups excluding carboxylic acids is 1. The molecular weight excluding hydrogens is 614 g/mol. The van der Waals surface area contributed by atoms with Gasteiger partial charge in [0.25, 0.3) is 0 Å². The molecule has 9 heteroatoms. The van der Waals surface area contributed by atoms with Crippen molar-refractivity contribution < 1.29 is 4.79 Å². The first kappa shape index (κ1) is 25.3. The van der Waals surface area contributed by atoms with Crippen molar-refractivity contribution in [2.45, 2.75) is 39.0 Å². The maximum atomic E-state index is 13.4. The molecule has 2 fully saturated rings. The Hall–Kier alpha value is -1.34. The van der Waals surface area contributed by atoms with E-state index < -0.39 is 15.0 Å². The molecule has 186 valence electrons. The van der Waals surface area contributed by atoms with E-state index >= 15 is 0 Å². The first-order valence-electron chi connectivity index (χ1n) is 12.1. The second-order valence-electron chi connectivity index (χ2n) is 9.33. The molecule has 2 atom stereocenters. The van der Waals surface area contributed by atoms with Crippen LogP contribution in [0.5, 0.6) is 0 Å². The maximum absolute atomic E-state index is 13.4. The fourth-order valence-corrected chi connectivity index (χ4v) is 9.17. The van der Waals surface area contributed by atoms with Crippen LogP contribution in [0.4, 0.5) is 0 Å². The molecule has 3 heterocycles.